The number of guanidine groups is 1. The van der Waals surface area contributed by atoms with Gasteiger partial charge in [0.1, 0.15) is 6.54 Å². The van der Waals surface area contributed by atoms with E-state index in [1.165, 1.54) is 0 Å². The summed E-state index contributed by atoms with van der Waals surface area (Å²) in [7, 11) is 0. The Morgan fingerprint density at radius 2 is 1.73 bits per heavy atom. The Hall–Kier alpha value is -2.62. The molecule has 3 N–H and O–H groups in total. The highest BCUT2D eigenvalue weighted by molar-refractivity contribution is 14.0. The molecule has 1 aliphatic rings. The van der Waals surface area contributed by atoms with E-state index >= 15 is 0 Å². The number of anilines is 1. The molecular formula is C22H28IN5O2. The molecule has 1 unspecified atom stereocenters. The Bertz CT molecular complexity index is 845. The topological polar surface area (TPSA) is 85.8 Å². The largest absolute Gasteiger partial charge is 0.357 e. The Balaban J connectivity index is 0.00000320. The predicted molar refractivity (Wildman–Crippen MR) is 130 cm³/mol. The minimum Gasteiger partial charge on any atom is -0.357 e. The molecule has 1 heterocycles. The van der Waals surface area contributed by atoms with Gasteiger partial charge in [-0.3, -0.25) is 9.59 Å². The van der Waals surface area contributed by atoms with Crippen molar-refractivity contribution in [2.24, 2.45) is 4.99 Å². The molecule has 0 bridgehead atoms. The summed E-state index contributed by atoms with van der Waals surface area (Å²) < 4.78 is 0. The van der Waals surface area contributed by atoms with Gasteiger partial charge in [-0.15, -0.1) is 24.0 Å². The first-order valence-electron chi connectivity index (χ1n) is 9.86. The van der Waals surface area contributed by atoms with Crippen LogP contribution in [0.3, 0.4) is 0 Å². The molecule has 0 spiro atoms. The maximum absolute atomic E-state index is 12.4. The highest BCUT2D eigenvalue weighted by Gasteiger charge is 2.31. The van der Waals surface area contributed by atoms with Crippen molar-refractivity contribution in [2.45, 2.75) is 25.9 Å². The first-order chi connectivity index (χ1) is 14.2. The third-order valence-corrected chi connectivity index (χ3v) is 4.59. The first-order valence-corrected chi connectivity index (χ1v) is 9.86. The van der Waals surface area contributed by atoms with Crippen LogP contribution in [0.15, 0.2) is 65.7 Å². The van der Waals surface area contributed by atoms with E-state index in [-0.39, 0.29) is 48.4 Å². The number of amides is 2. The van der Waals surface area contributed by atoms with Crippen molar-refractivity contribution in [3.63, 3.8) is 0 Å². The number of aliphatic imine (C=N–C) groups is 1. The van der Waals surface area contributed by atoms with Gasteiger partial charge in [0.2, 0.25) is 11.8 Å². The molecule has 30 heavy (non-hydrogen) atoms. The summed E-state index contributed by atoms with van der Waals surface area (Å²) in [6, 6.07) is 19.3. The summed E-state index contributed by atoms with van der Waals surface area (Å²) in [5, 5.41) is 9.27. The zero-order valence-electron chi connectivity index (χ0n) is 17.0. The number of benzene rings is 2. The van der Waals surface area contributed by atoms with Gasteiger partial charge in [-0.1, -0.05) is 48.5 Å². The summed E-state index contributed by atoms with van der Waals surface area (Å²) in [5.41, 5.74) is 1.93. The van der Waals surface area contributed by atoms with Crippen molar-refractivity contribution < 1.29 is 9.59 Å². The lowest BCUT2D eigenvalue weighted by Crippen LogP contribution is -2.45. The van der Waals surface area contributed by atoms with E-state index in [1.54, 1.807) is 4.90 Å². The van der Waals surface area contributed by atoms with Crippen LogP contribution in [0.1, 0.15) is 18.9 Å². The molecule has 0 aromatic heterocycles. The van der Waals surface area contributed by atoms with Crippen LogP contribution in [0.25, 0.3) is 0 Å². The molecule has 1 fully saturated rings. The summed E-state index contributed by atoms with van der Waals surface area (Å²) >= 11 is 0. The van der Waals surface area contributed by atoms with Crippen LogP contribution in [0.5, 0.6) is 0 Å². The van der Waals surface area contributed by atoms with Crippen LogP contribution < -0.4 is 20.9 Å². The van der Waals surface area contributed by atoms with Crippen LogP contribution in [0, 0.1) is 0 Å². The standard InChI is InChI=1S/C22H27N5O2.HI/c1-2-23-22(25-15-20(28)24-14-17-9-5-3-6-10-17)26-18-13-21(29)27(16-18)19-11-7-4-8-12-19;/h3-12,18H,2,13-16H2,1H3,(H,24,28)(H2,23,25,26);1H. The third-order valence-electron chi connectivity index (χ3n) is 4.59. The number of hydrogen-bond donors (Lipinski definition) is 3. The number of carbonyl (C=O) groups excluding carboxylic acids is 2. The quantitative estimate of drug-likeness (QED) is 0.297. The van der Waals surface area contributed by atoms with E-state index in [2.05, 4.69) is 20.9 Å². The molecule has 0 aliphatic carbocycles. The van der Waals surface area contributed by atoms with Gasteiger partial charge in [-0.2, -0.15) is 0 Å². The molecule has 3 rings (SSSR count). The Morgan fingerprint density at radius 1 is 1.07 bits per heavy atom. The zero-order chi connectivity index (χ0) is 20.5. The van der Waals surface area contributed by atoms with Gasteiger partial charge in [0.05, 0.1) is 6.04 Å². The molecule has 1 saturated heterocycles. The predicted octanol–water partition coefficient (Wildman–Crippen LogP) is 2.28. The monoisotopic (exact) mass is 521 g/mol. The lowest BCUT2D eigenvalue weighted by Gasteiger charge is -2.19. The minimum atomic E-state index is -0.153. The molecule has 1 atom stereocenters. The normalized spacial score (nSPS) is 16.0. The molecular weight excluding hydrogens is 493 g/mol. The fourth-order valence-electron chi connectivity index (χ4n) is 3.18. The molecule has 2 aromatic carbocycles. The number of nitrogens with zero attached hydrogens (tertiary/aromatic N) is 2. The number of halogens is 1. The Morgan fingerprint density at radius 3 is 2.40 bits per heavy atom. The second-order valence-corrected chi connectivity index (χ2v) is 6.84. The van der Waals surface area contributed by atoms with E-state index < -0.39 is 0 Å². The van der Waals surface area contributed by atoms with E-state index in [0.29, 0.717) is 32.0 Å². The lowest BCUT2D eigenvalue weighted by atomic mass is 10.2. The van der Waals surface area contributed by atoms with E-state index in [0.717, 1.165) is 11.3 Å². The summed E-state index contributed by atoms with van der Waals surface area (Å²) in [6.45, 7) is 3.68. The average Bonchev–Trinajstić information content (AvgIpc) is 3.12. The molecule has 2 aromatic rings. The molecule has 7 nitrogen and oxygen atoms in total. The zero-order valence-corrected chi connectivity index (χ0v) is 19.3. The summed E-state index contributed by atoms with van der Waals surface area (Å²) in [4.78, 5) is 30.6. The number of hydrogen-bond acceptors (Lipinski definition) is 3. The van der Waals surface area contributed by atoms with Crippen LogP contribution in [-0.2, 0) is 16.1 Å². The smallest absolute Gasteiger partial charge is 0.242 e. The fraction of sp³-hybridized carbons (Fsp3) is 0.318. The van der Waals surface area contributed by atoms with Gasteiger partial charge in [-0.05, 0) is 24.6 Å². The third kappa shape index (κ3) is 7.01. The van der Waals surface area contributed by atoms with Gasteiger partial charge in [0, 0.05) is 31.7 Å². The van der Waals surface area contributed by atoms with Gasteiger partial charge < -0.3 is 20.9 Å². The Kier molecular flexibility index (Phi) is 9.59. The van der Waals surface area contributed by atoms with Crippen molar-refractivity contribution in [1.82, 2.24) is 16.0 Å². The molecule has 8 heteroatoms. The summed E-state index contributed by atoms with van der Waals surface area (Å²) in [6.07, 6.45) is 0.388. The Labute approximate surface area is 194 Å². The second-order valence-electron chi connectivity index (χ2n) is 6.84. The number of nitrogens with one attached hydrogen (secondary N) is 3. The van der Waals surface area contributed by atoms with Crippen molar-refractivity contribution in [3.8, 4) is 0 Å². The fourth-order valence-corrected chi connectivity index (χ4v) is 3.18. The second kappa shape index (κ2) is 12.2. The van der Waals surface area contributed by atoms with Gasteiger partial charge in [0.15, 0.2) is 5.96 Å². The maximum Gasteiger partial charge on any atom is 0.242 e. The lowest BCUT2D eigenvalue weighted by molar-refractivity contribution is -0.120. The van der Waals surface area contributed by atoms with Crippen molar-refractivity contribution in [2.75, 3.05) is 24.5 Å². The van der Waals surface area contributed by atoms with Gasteiger partial charge >= 0.3 is 0 Å². The van der Waals surface area contributed by atoms with E-state index in [1.807, 2.05) is 67.6 Å². The summed E-state index contributed by atoms with van der Waals surface area (Å²) in [5.74, 6) is 0.458. The van der Waals surface area contributed by atoms with Crippen molar-refractivity contribution in [3.05, 3.63) is 66.2 Å². The average molecular weight is 521 g/mol. The molecule has 1 aliphatic heterocycles. The number of para-hydroxylation sites is 1. The van der Waals surface area contributed by atoms with Crippen LogP contribution in [0.2, 0.25) is 0 Å². The maximum atomic E-state index is 12.4. The minimum absolute atomic E-state index is 0. The highest BCUT2D eigenvalue weighted by atomic mass is 127. The molecule has 0 saturated carbocycles. The molecule has 160 valence electrons. The van der Waals surface area contributed by atoms with Crippen molar-refractivity contribution in [1.29, 1.82) is 0 Å². The van der Waals surface area contributed by atoms with Crippen LogP contribution >= 0.6 is 24.0 Å². The highest BCUT2D eigenvalue weighted by Crippen LogP contribution is 2.20. The first kappa shape index (κ1) is 23.7. The van der Waals surface area contributed by atoms with E-state index in [9.17, 15) is 9.59 Å². The van der Waals surface area contributed by atoms with Gasteiger partial charge in [0.25, 0.3) is 0 Å². The molecule has 2 amide bonds. The number of carbonyl (C=O) groups is 2. The molecule has 0 radical (unpaired) electrons. The van der Waals surface area contributed by atoms with Crippen molar-refractivity contribution >= 4 is 47.4 Å². The van der Waals surface area contributed by atoms with Crippen LogP contribution in [0.4, 0.5) is 5.69 Å². The van der Waals surface area contributed by atoms with E-state index in [4.69, 9.17) is 0 Å². The SMILES string of the molecule is CCNC(=NCC(=O)NCc1ccccc1)NC1CC(=O)N(c2ccccc2)C1.I. The van der Waals surface area contributed by atoms with Gasteiger partial charge in [-0.25, -0.2) is 4.99 Å². The number of rotatable bonds is 7. The van der Waals surface area contributed by atoms with Crippen LogP contribution in [-0.4, -0.2) is 43.5 Å².